The highest BCUT2D eigenvalue weighted by molar-refractivity contribution is 7.18. The van der Waals surface area contributed by atoms with Crippen LogP contribution in [0.3, 0.4) is 0 Å². The zero-order valence-electron chi connectivity index (χ0n) is 14.8. The van der Waals surface area contributed by atoms with Gasteiger partial charge in [-0.25, -0.2) is 19.9 Å². The summed E-state index contributed by atoms with van der Waals surface area (Å²) in [5, 5.41) is 0.940. The summed E-state index contributed by atoms with van der Waals surface area (Å²) in [5.74, 6) is 0.630. The molecule has 4 heterocycles. The molecule has 0 fully saturated rings. The Kier molecular flexibility index (Phi) is 4.26. The molecular formula is C20H17N5S. The van der Waals surface area contributed by atoms with E-state index in [1.165, 1.54) is 0 Å². The molecule has 0 saturated carbocycles. The molecule has 0 aliphatic rings. The van der Waals surface area contributed by atoms with Crippen molar-refractivity contribution in [1.82, 2.24) is 24.9 Å². The standard InChI is InChI=1S/C20H17N5S/c1-12-9-13(2)23-17(10-12)19-22-8-6-16(25-19)18-14(3)24-20(26-18)15-5-4-7-21-11-15/h4-11H,1-3H3. The Labute approximate surface area is 155 Å². The van der Waals surface area contributed by atoms with Crippen LogP contribution in [0.2, 0.25) is 0 Å². The van der Waals surface area contributed by atoms with Crippen LogP contribution in [0.25, 0.3) is 32.7 Å². The molecule has 0 aliphatic heterocycles. The van der Waals surface area contributed by atoms with Gasteiger partial charge in [0.25, 0.3) is 0 Å². The second-order valence-electron chi connectivity index (χ2n) is 6.11. The normalized spacial score (nSPS) is 10.9. The quantitative estimate of drug-likeness (QED) is 0.533. The Hall–Kier alpha value is -2.99. The number of hydrogen-bond donors (Lipinski definition) is 0. The minimum atomic E-state index is 0.630. The molecule has 0 radical (unpaired) electrons. The second kappa shape index (κ2) is 6.72. The molecule has 128 valence electrons. The van der Waals surface area contributed by atoms with Crippen molar-refractivity contribution in [3.05, 3.63) is 65.9 Å². The Balaban J connectivity index is 1.77. The second-order valence-corrected chi connectivity index (χ2v) is 7.11. The molecule has 0 atom stereocenters. The molecule has 0 aliphatic carbocycles. The summed E-state index contributed by atoms with van der Waals surface area (Å²) in [6.45, 7) is 6.03. The van der Waals surface area contributed by atoms with Crippen LogP contribution in [0, 0.1) is 20.8 Å². The smallest absolute Gasteiger partial charge is 0.178 e. The largest absolute Gasteiger partial charge is 0.264 e. The van der Waals surface area contributed by atoms with Gasteiger partial charge in [0.05, 0.1) is 16.3 Å². The Bertz CT molecular complexity index is 1050. The predicted molar refractivity (Wildman–Crippen MR) is 104 cm³/mol. The lowest BCUT2D eigenvalue weighted by atomic mass is 10.2. The summed E-state index contributed by atoms with van der Waals surface area (Å²) >= 11 is 1.61. The first kappa shape index (κ1) is 16.5. The molecule has 4 rings (SSSR count). The van der Waals surface area contributed by atoms with E-state index >= 15 is 0 Å². The van der Waals surface area contributed by atoms with Crippen molar-refractivity contribution in [3.8, 4) is 32.7 Å². The van der Waals surface area contributed by atoms with Gasteiger partial charge in [-0.2, -0.15) is 0 Å². The number of rotatable bonds is 3. The van der Waals surface area contributed by atoms with Crippen molar-refractivity contribution >= 4 is 11.3 Å². The zero-order chi connectivity index (χ0) is 18.1. The molecule has 4 aromatic heterocycles. The maximum atomic E-state index is 4.74. The number of aryl methyl sites for hydroxylation is 3. The minimum absolute atomic E-state index is 0.630. The molecule has 5 nitrogen and oxygen atoms in total. The van der Waals surface area contributed by atoms with Crippen LogP contribution < -0.4 is 0 Å². The summed E-state index contributed by atoms with van der Waals surface area (Å²) < 4.78 is 0. The highest BCUT2D eigenvalue weighted by atomic mass is 32.1. The first-order valence-electron chi connectivity index (χ1n) is 8.27. The lowest BCUT2D eigenvalue weighted by molar-refractivity contribution is 1.11. The van der Waals surface area contributed by atoms with Gasteiger partial charge in [-0.1, -0.05) is 0 Å². The van der Waals surface area contributed by atoms with Crippen molar-refractivity contribution in [2.24, 2.45) is 0 Å². The number of pyridine rings is 2. The van der Waals surface area contributed by atoms with Gasteiger partial charge in [-0.05, 0) is 56.7 Å². The molecule has 0 bridgehead atoms. The minimum Gasteiger partial charge on any atom is -0.264 e. The van der Waals surface area contributed by atoms with Gasteiger partial charge >= 0.3 is 0 Å². The monoisotopic (exact) mass is 359 g/mol. The molecule has 0 spiro atoms. The maximum absolute atomic E-state index is 4.74. The van der Waals surface area contributed by atoms with E-state index in [1.807, 2.05) is 50.4 Å². The van der Waals surface area contributed by atoms with Gasteiger partial charge < -0.3 is 0 Å². The summed E-state index contributed by atoms with van der Waals surface area (Å²) in [5.41, 5.74) is 5.72. The van der Waals surface area contributed by atoms with Crippen molar-refractivity contribution in [2.45, 2.75) is 20.8 Å². The van der Waals surface area contributed by atoms with E-state index < -0.39 is 0 Å². The molecule has 0 unspecified atom stereocenters. The highest BCUT2D eigenvalue weighted by Gasteiger charge is 2.14. The molecule has 4 aromatic rings. The van der Waals surface area contributed by atoms with E-state index in [1.54, 1.807) is 23.7 Å². The first-order valence-corrected chi connectivity index (χ1v) is 9.09. The third kappa shape index (κ3) is 3.23. The molecular weight excluding hydrogens is 342 g/mol. The van der Waals surface area contributed by atoms with Gasteiger partial charge in [-0.15, -0.1) is 11.3 Å². The summed E-state index contributed by atoms with van der Waals surface area (Å²) in [6, 6.07) is 9.90. The highest BCUT2D eigenvalue weighted by Crippen LogP contribution is 2.34. The average Bonchev–Trinajstić information content (AvgIpc) is 3.04. The van der Waals surface area contributed by atoms with Gasteiger partial charge in [0.2, 0.25) is 0 Å². The molecule has 0 saturated heterocycles. The van der Waals surface area contributed by atoms with Crippen LogP contribution in [-0.2, 0) is 0 Å². The molecule has 0 amide bonds. The van der Waals surface area contributed by atoms with Crippen LogP contribution >= 0.6 is 11.3 Å². The molecule has 0 N–H and O–H groups in total. The summed E-state index contributed by atoms with van der Waals surface area (Å²) in [4.78, 5) is 23.6. The fraction of sp³-hybridized carbons (Fsp3) is 0.150. The van der Waals surface area contributed by atoms with Crippen molar-refractivity contribution in [2.75, 3.05) is 0 Å². The Morgan fingerprint density at radius 2 is 1.77 bits per heavy atom. The van der Waals surface area contributed by atoms with Crippen molar-refractivity contribution < 1.29 is 0 Å². The van der Waals surface area contributed by atoms with Crippen LogP contribution in [-0.4, -0.2) is 24.9 Å². The Morgan fingerprint density at radius 3 is 2.54 bits per heavy atom. The van der Waals surface area contributed by atoms with Gasteiger partial charge in [0.15, 0.2) is 5.82 Å². The van der Waals surface area contributed by atoms with Gasteiger partial charge in [0.1, 0.15) is 10.7 Å². The fourth-order valence-electron chi connectivity index (χ4n) is 2.81. The van der Waals surface area contributed by atoms with Crippen molar-refractivity contribution in [1.29, 1.82) is 0 Å². The maximum Gasteiger partial charge on any atom is 0.178 e. The third-order valence-electron chi connectivity index (χ3n) is 3.92. The average molecular weight is 359 g/mol. The lowest BCUT2D eigenvalue weighted by Crippen LogP contribution is -1.95. The predicted octanol–water partition coefficient (Wildman–Crippen LogP) is 4.65. The number of hydrogen-bond acceptors (Lipinski definition) is 6. The number of aromatic nitrogens is 5. The van der Waals surface area contributed by atoms with E-state index in [-0.39, 0.29) is 0 Å². The SMILES string of the molecule is Cc1cc(C)nc(-c2nccc(-c3sc(-c4cccnc4)nc3C)n2)c1. The topological polar surface area (TPSA) is 64.5 Å². The molecule has 0 aromatic carbocycles. The van der Waals surface area contributed by atoms with E-state index in [0.29, 0.717) is 5.82 Å². The van der Waals surface area contributed by atoms with E-state index in [9.17, 15) is 0 Å². The van der Waals surface area contributed by atoms with Crippen molar-refractivity contribution in [3.63, 3.8) is 0 Å². The molecule has 26 heavy (non-hydrogen) atoms. The number of nitrogens with zero attached hydrogens (tertiary/aromatic N) is 5. The third-order valence-corrected chi connectivity index (χ3v) is 5.15. The zero-order valence-corrected chi connectivity index (χ0v) is 15.6. The Morgan fingerprint density at radius 1 is 0.885 bits per heavy atom. The van der Waals surface area contributed by atoms with Crippen LogP contribution in [0.5, 0.6) is 0 Å². The molecule has 6 heteroatoms. The fourth-order valence-corrected chi connectivity index (χ4v) is 3.84. The van der Waals surface area contributed by atoms with Crippen LogP contribution in [0.4, 0.5) is 0 Å². The van der Waals surface area contributed by atoms with E-state index in [0.717, 1.165) is 43.8 Å². The van der Waals surface area contributed by atoms with E-state index in [2.05, 4.69) is 21.9 Å². The lowest BCUT2D eigenvalue weighted by Gasteiger charge is -2.04. The summed E-state index contributed by atoms with van der Waals surface area (Å²) in [7, 11) is 0. The van der Waals surface area contributed by atoms with Crippen LogP contribution in [0.15, 0.2) is 48.9 Å². The van der Waals surface area contributed by atoms with Gasteiger partial charge in [0, 0.05) is 29.8 Å². The van der Waals surface area contributed by atoms with Crippen LogP contribution in [0.1, 0.15) is 17.0 Å². The van der Waals surface area contributed by atoms with E-state index in [4.69, 9.17) is 9.97 Å². The first-order chi connectivity index (χ1) is 12.6. The van der Waals surface area contributed by atoms with Gasteiger partial charge in [-0.3, -0.25) is 4.98 Å². The summed E-state index contributed by atoms with van der Waals surface area (Å²) in [6.07, 6.45) is 5.37. The number of thiazole rings is 1.